The average molecular weight is 400 g/mol. The lowest BCUT2D eigenvalue weighted by molar-refractivity contribution is -0.117. The summed E-state index contributed by atoms with van der Waals surface area (Å²) < 4.78 is 0. The van der Waals surface area contributed by atoms with E-state index < -0.39 is 0 Å². The zero-order valence-corrected chi connectivity index (χ0v) is 17.2. The van der Waals surface area contributed by atoms with Gasteiger partial charge in [0.05, 0.1) is 12.2 Å². The van der Waals surface area contributed by atoms with Gasteiger partial charge >= 0.3 is 0 Å². The Morgan fingerprint density at radius 2 is 1.93 bits per heavy atom. The molecule has 2 aromatic carbocycles. The first-order chi connectivity index (χ1) is 12.9. The van der Waals surface area contributed by atoms with Crippen molar-refractivity contribution >= 4 is 34.5 Å². The number of amides is 1. The van der Waals surface area contributed by atoms with Gasteiger partial charge in [0.25, 0.3) is 0 Å². The average Bonchev–Trinajstić information content (AvgIpc) is 3.07. The van der Waals surface area contributed by atoms with Crippen LogP contribution in [0.5, 0.6) is 0 Å². The third-order valence-corrected chi connectivity index (χ3v) is 5.56. The lowest BCUT2D eigenvalue weighted by atomic mass is 10.1. The van der Waals surface area contributed by atoms with Crippen LogP contribution in [0.15, 0.2) is 47.8 Å². The summed E-state index contributed by atoms with van der Waals surface area (Å²) >= 11 is 7.53. The first-order valence-corrected chi connectivity index (χ1v) is 9.93. The van der Waals surface area contributed by atoms with Crippen LogP contribution < -0.4 is 5.32 Å². The molecule has 3 rings (SSSR count). The minimum atomic E-state index is -0.0284. The van der Waals surface area contributed by atoms with Gasteiger partial charge in [0, 0.05) is 28.2 Å². The van der Waals surface area contributed by atoms with Gasteiger partial charge in [-0.15, -0.1) is 11.3 Å². The van der Waals surface area contributed by atoms with Crippen LogP contribution in [0, 0.1) is 13.8 Å². The van der Waals surface area contributed by atoms with E-state index in [2.05, 4.69) is 10.3 Å². The largest absolute Gasteiger partial charge is 0.325 e. The number of anilines is 1. The first kappa shape index (κ1) is 19.5. The molecule has 0 unspecified atom stereocenters. The predicted molar refractivity (Wildman–Crippen MR) is 113 cm³/mol. The number of carbonyl (C=O) groups is 1. The molecule has 0 saturated heterocycles. The highest BCUT2D eigenvalue weighted by Crippen LogP contribution is 2.25. The molecule has 1 aromatic heterocycles. The van der Waals surface area contributed by atoms with Crippen molar-refractivity contribution in [3.63, 3.8) is 0 Å². The van der Waals surface area contributed by atoms with E-state index in [0.29, 0.717) is 18.1 Å². The van der Waals surface area contributed by atoms with E-state index in [1.54, 1.807) is 11.3 Å². The summed E-state index contributed by atoms with van der Waals surface area (Å²) in [5.41, 5.74) is 5.13. The summed E-state index contributed by atoms with van der Waals surface area (Å²) in [7, 11) is 1.92. The molecule has 3 aromatic rings. The van der Waals surface area contributed by atoms with Crippen LogP contribution in [0.3, 0.4) is 0 Å². The van der Waals surface area contributed by atoms with Gasteiger partial charge in [-0.2, -0.15) is 0 Å². The summed E-state index contributed by atoms with van der Waals surface area (Å²) in [5.74, 6) is -0.0284. The number of aryl methyl sites for hydroxylation is 1. The van der Waals surface area contributed by atoms with Gasteiger partial charge < -0.3 is 5.32 Å². The molecule has 27 heavy (non-hydrogen) atoms. The van der Waals surface area contributed by atoms with Crippen molar-refractivity contribution in [3.8, 4) is 10.6 Å². The van der Waals surface area contributed by atoms with E-state index in [4.69, 9.17) is 11.6 Å². The number of rotatable bonds is 6. The van der Waals surface area contributed by atoms with Crippen LogP contribution >= 0.6 is 22.9 Å². The summed E-state index contributed by atoms with van der Waals surface area (Å²) in [6, 6.07) is 13.6. The fourth-order valence-corrected chi connectivity index (χ4v) is 3.70. The number of likely N-dealkylation sites (N-methyl/N-ethyl adjacent to an activating group) is 1. The van der Waals surface area contributed by atoms with Crippen LogP contribution in [0.1, 0.15) is 16.8 Å². The number of aromatic nitrogens is 1. The molecule has 0 atom stereocenters. The SMILES string of the molecule is Cc1cccc(NC(=O)CN(C)Cc2csc(-c3ccc(Cl)cc3)n2)c1C. The Bertz CT molecular complexity index is 937. The van der Waals surface area contributed by atoms with Gasteiger partial charge in [-0.05, 0) is 50.2 Å². The first-order valence-electron chi connectivity index (χ1n) is 8.67. The Morgan fingerprint density at radius 3 is 2.67 bits per heavy atom. The zero-order valence-electron chi connectivity index (χ0n) is 15.6. The second-order valence-electron chi connectivity index (χ2n) is 6.62. The molecular weight excluding hydrogens is 378 g/mol. The minimum Gasteiger partial charge on any atom is -0.325 e. The van der Waals surface area contributed by atoms with Crippen LogP contribution in [0.25, 0.3) is 10.6 Å². The molecule has 0 spiro atoms. The highest BCUT2D eigenvalue weighted by atomic mass is 35.5. The number of benzene rings is 2. The molecule has 1 amide bonds. The fraction of sp³-hybridized carbons (Fsp3) is 0.238. The highest BCUT2D eigenvalue weighted by molar-refractivity contribution is 7.13. The van der Waals surface area contributed by atoms with Gasteiger partial charge in [-0.1, -0.05) is 35.9 Å². The van der Waals surface area contributed by atoms with Crippen molar-refractivity contribution in [2.45, 2.75) is 20.4 Å². The maximum atomic E-state index is 12.4. The Kier molecular flexibility index (Phi) is 6.26. The van der Waals surface area contributed by atoms with E-state index in [-0.39, 0.29) is 5.91 Å². The van der Waals surface area contributed by atoms with Crippen molar-refractivity contribution in [1.29, 1.82) is 0 Å². The van der Waals surface area contributed by atoms with Crippen LogP contribution in [0.2, 0.25) is 5.02 Å². The van der Waals surface area contributed by atoms with E-state index >= 15 is 0 Å². The molecule has 0 fully saturated rings. The Morgan fingerprint density at radius 1 is 1.19 bits per heavy atom. The topological polar surface area (TPSA) is 45.2 Å². The molecule has 0 aliphatic heterocycles. The maximum absolute atomic E-state index is 12.4. The maximum Gasteiger partial charge on any atom is 0.238 e. The lowest BCUT2D eigenvalue weighted by Crippen LogP contribution is -2.30. The van der Waals surface area contributed by atoms with Crippen LogP contribution in [0.4, 0.5) is 5.69 Å². The van der Waals surface area contributed by atoms with Crippen LogP contribution in [-0.4, -0.2) is 29.4 Å². The third-order valence-electron chi connectivity index (χ3n) is 4.37. The van der Waals surface area contributed by atoms with E-state index in [0.717, 1.165) is 27.5 Å². The number of hydrogen-bond donors (Lipinski definition) is 1. The monoisotopic (exact) mass is 399 g/mol. The summed E-state index contributed by atoms with van der Waals surface area (Å²) in [6.07, 6.45) is 0. The fourth-order valence-electron chi connectivity index (χ4n) is 2.76. The third kappa shape index (κ3) is 5.16. The molecule has 1 N–H and O–H groups in total. The summed E-state index contributed by atoms with van der Waals surface area (Å²) in [5, 5.41) is 6.69. The van der Waals surface area contributed by atoms with E-state index in [9.17, 15) is 4.79 Å². The predicted octanol–water partition coefficient (Wildman–Crippen LogP) is 5.15. The number of thiazole rings is 1. The Balaban J connectivity index is 1.57. The van der Waals surface area contributed by atoms with E-state index in [1.165, 1.54) is 5.56 Å². The second-order valence-corrected chi connectivity index (χ2v) is 7.91. The van der Waals surface area contributed by atoms with Crippen molar-refractivity contribution in [2.75, 3.05) is 18.9 Å². The highest BCUT2D eigenvalue weighted by Gasteiger charge is 2.12. The molecule has 0 aliphatic rings. The molecule has 140 valence electrons. The molecular formula is C21H22ClN3OS. The molecule has 0 radical (unpaired) electrons. The smallest absolute Gasteiger partial charge is 0.238 e. The molecule has 0 bridgehead atoms. The number of halogens is 1. The molecule has 0 aliphatic carbocycles. The summed E-state index contributed by atoms with van der Waals surface area (Å²) in [4.78, 5) is 19.0. The van der Waals surface area contributed by atoms with Crippen molar-refractivity contribution in [2.24, 2.45) is 0 Å². The molecule has 0 saturated carbocycles. The molecule has 4 nitrogen and oxygen atoms in total. The number of nitrogens with one attached hydrogen (secondary N) is 1. The minimum absolute atomic E-state index is 0.0284. The van der Waals surface area contributed by atoms with Crippen molar-refractivity contribution in [1.82, 2.24) is 9.88 Å². The normalized spacial score (nSPS) is 11.0. The number of nitrogens with zero attached hydrogens (tertiary/aromatic N) is 2. The zero-order chi connectivity index (χ0) is 19.4. The Hall–Kier alpha value is -2.21. The number of hydrogen-bond acceptors (Lipinski definition) is 4. The van der Waals surface area contributed by atoms with Gasteiger partial charge in [0.2, 0.25) is 5.91 Å². The van der Waals surface area contributed by atoms with Gasteiger partial charge in [0.15, 0.2) is 0 Å². The van der Waals surface area contributed by atoms with Gasteiger partial charge in [0.1, 0.15) is 5.01 Å². The quantitative estimate of drug-likeness (QED) is 0.623. The summed E-state index contributed by atoms with van der Waals surface area (Å²) in [6.45, 7) is 4.98. The van der Waals surface area contributed by atoms with Crippen LogP contribution in [-0.2, 0) is 11.3 Å². The Labute approximate surface area is 168 Å². The lowest BCUT2D eigenvalue weighted by Gasteiger charge is -2.16. The standard InChI is InChI=1S/C21H22ClN3OS/c1-14-5-4-6-19(15(14)2)24-20(26)12-25(3)11-18-13-27-21(23-18)16-7-9-17(22)10-8-16/h4-10,13H,11-12H2,1-3H3,(H,24,26). The second kappa shape index (κ2) is 8.65. The molecule has 6 heteroatoms. The van der Waals surface area contributed by atoms with Gasteiger partial charge in [-0.3, -0.25) is 9.69 Å². The van der Waals surface area contributed by atoms with E-state index in [1.807, 2.05) is 73.6 Å². The number of carbonyl (C=O) groups excluding carboxylic acids is 1. The van der Waals surface area contributed by atoms with Gasteiger partial charge in [-0.25, -0.2) is 4.98 Å². The van der Waals surface area contributed by atoms with Crippen molar-refractivity contribution < 1.29 is 4.79 Å². The van der Waals surface area contributed by atoms with Crippen molar-refractivity contribution in [3.05, 3.63) is 69.7 Å². The molecule has 1 heterocycles.